The molecule has 5 rings (SSSR count). The molecule has 10 heteroatoms. The van der Waals surface area contributed by atoms with E-state index in [4.69, 9.17) is 0 Å². The van der Waals surface area contributed by atoms with Crippen molar-refractivity contribution < 1.29 is 22.5 Å². The molecule has 2 aromatic carbocycles. The van der Waals surface area contributed by atoms with Crippen LogP contribution in [0.1, 0.15) is 5.56 Å². The zero-order chi connectivity index (χ0) is 20.9. The highest BCUT2D eigenvalue weighted by atomic mass is 32.2. The van der Waals surface area contributed by atoms with Crippen LogP contribution in [0.3, 0.4) is 0 Å². The first-order chi connectivity index (χ1) is 14.4. The number of imidazole rings is 1. The molecule has 0 aliphatic carbocycles. The summed E-state index contributed by atoms with van der Waals surface area (Å²) in [6, 6.07) is 10.7. The number of likely N-dealkylation sites (N-methyl/N-ethyl adjacent to an activating group) is 1. The number of ether oxygens (including phenoxy) is 2. The number of rotatable bonds is 4. The molecule has 1 fully saturated rings. The van der Waals surface area contributed by atoms with Crippen LogP contribution >= 0.6 is 0 Å². The maximum Gasteiger partial charge on any atom is 0.586 e. The summed E-state index contributed by atoms with van der Waals surface area (Å²) in [5.74, 6) is 0.137. The summed E-state index contributed by atoms with van der Waals surface area (Å²) in [6.45, 7) is 3.80. The molecule has 0 spiro atoms. The first-order valence-electron chi connectivity index (χ1n) is 9.57. The Kier molecular flexibility index (Phi) is 4.62. The van der Waals surface area contributed by atoms with Gasteiger partial charge in [-0.05, 0) is 18.7 Å². The van der Waals surface area contributed by atoms with Crippen molar-refractivity contribution in [1.82, 2.24) is 14.9 Å². The number of aromatic nitrogens is 2. The molecule has 0 amide bonds. The number of alkyl halides is 2. The van der Waals surface area contributed by atoms with Gasteiger partial charge in [-0.2, -0.15) is 0 Å². The van der Waals surface area contributed by atoms with Crippen LogP contribution in [0.5, 0.6) is 11.5 Å². The zero-order valence-electron chi connectivity index (χ0n) is 16.2. The SMILES string of the molecule is CN1CCN(c2ccccc2CS(=O)c2nc3cc4c(cc3[nH]2)OC(F)(F)O4)CC1. The average molecular weight is 434 g/mol. The van der Waals surface area contributed by atoms with Crippen LogP contribution in [-0.4, -0.2) is 58.6 Å². The van der Waals surface area contributed by atoms with Crippen LogP contribution in [0.15, 0.2) is 41.6 Å². The van der Waals surface area contributed by atoms with Gasteiger partial charge in [0.2, 0.25) is 0 Å². The van der Waals surface area contributed by atoms with E-state index in [1.165, 1.54) is 12.1 Å². The molecule has 0 saturated carbocycles. The summed E-state index contributed by atoms with van der Waals surface area (Å²) in [6.07, 6.45) is -3.68. The zero-order valence-corrected chi connectivity index (χ0v) is 17.0. The standard InChI is InChI=1S/C20H20F2N4O3S/c1-25-6-8-26(9-7-25)16-5-3-2-4-13(16)12-30(27)19-23-14-10-17-18(11-15(14)24-19)29-20(21,22)28-17/h2-5,10-11H,6-9,12H2,1H3,(H,23,24). The third-order valence-electron chi connectivity index (χ3n) is 5.32. The molecule has 3 aromatic rings. The molecule has 2 aliphatic rings. The number of fused-ring (bicyclic) bond motifs is 2. The van der Waals surface area contributed by atoms with Crippen molar-refractivity contribution in [3.8, 4) is 11.5 Å². The molecule has 1 saturated heterocycles. The predicted molar refractivity (Wildman–Crippen MR) is 109 cm³/mol. The number of nitrogens with one attached hydrogen (secondary N) is 1. The van der Waals surface area contributed by atoms with Crippen molar-refractivity contribution in [2.24, 2.45) is 0 Å². The van der Waals surface area contributed by atoms with E-state index in [9.17, 15) is 13.0 Å². The van der Waals surface area contributed by atoms with Gasteiger partial charge in [-0.25, -0.2) is 4.98 Å². The van der Waals surface area contributed by atoms with Gasteiger partial charge in [-0.3, -0.25) is 4.21 Å². The van der Waals surface area contributed by atoms with E-state index in [1.54, 1.807) is 0 Å². The third kappa shape index (κ3) is 3.61. The predicted octanol–water partition coefficient (Wildman–Crippen LogP) is 2.94. The van der Waals surface area contributed by atoms with Gasteiger partial charge in [-0.15, -0.1) is 8.78 Å². The van der Waals surface area contributed by atoms with Crippen LogP contribution in [0.25, 0.3) is 11.0 Å². The van der Waals surface area contributed by atoms with E-state index in [0.717, 1.165) is 37.4 Å². The van der Waals surface area contributed by atoms with E-state index in [2.05, 4.69) is 42.4 Å². The lowest BCUT2D eigenvalue weighted by atomic mass is 10.1. The highest BCUT2D eigenvalue weighted by molar-refractivity contribution is 7.84. The molecule has 1 atom stereocenters. The van der Waals surface area contributed by atoms with Crippen molar-refractivity contribution in [3.05, 3.63) is 42.0 Å². The Balaban J connectivity index is 1.38. The van der Waals surface area contributed by atoms with Gasteiger partial charge in [0.15, 0.2) is 16.7 Å². The van der Waals surface area contributed by atoms with Gasteiger partial charge in [-0.1, -0.05) is 18.2 Å². The van der Waals surface area contributed by atoms with Gasteiger partial charge in [0.1, 0.15) is 0 Å². The van der Waals surface area contributed by atoms with Crippen molar-refractivity contribution in [2.75, 3.05) is 38.1 Å². The molecule has 0 bridgehead atoms. The monoisotopic (exact) mass is 434 g/mol. The molecular formula is C20H20F2N4O3S. The third-order valence-corrected chi connectivity index (χ3v) is 6.52. The maximum atomic E-state index is 13.2. The fourth-order valence-electron chi connectivity index (χ4n) is 3.74. The lowest BCUT2D eigenvalue weighted by Crippen LogP contribution is -2.44. The van der Waals surface area contributed by atoms with Gasteiger partial charge < -0.3 is 24.3 Å². The molecule has 7 nitrogen and oxygen atoms in total. The number of aromatic amines is 1. The Morgan fingerprint density at radius 1 is 1.13 bits per heavy atom. The summed E-state index contributed by atoms with van der Waals surface area (Å²) in [5, 5.41) is 0.286. The number of anilines is 1. The van der Waals surface area contributed by atoms with Gasteiger partial charge in [0.25, 0.3) is 0 Å². The van der Waals surface area contributed by atoms with Crippen LogP contribution in [0.2, 0.25) is 0 Å². The minimum Gasteiger partial charge on any atom is -0.395 e. The Hall–Kier alpha value is -2.72. The molecule has 1 aromatic heterocycles. The van der Waals surface area contributed by atoms with Crippen molar-refractivity contribution in [1.29, 1.82) is 0 Å². The lowest BCUT2D eigenvalue weighted by molar-refractivity contribution is -0.286. The summed E-state index contributed by atoms with van der Waals surface area (Å²) in [7, 11) is 0.669. The molecule has 0 radical (unpaired) electrons. The number of benzene rings is 2. The second-order valence-corrected chi connectivity index (χ2v) is 8.80. The molecule has 1 unspecified atom stereocenters. The normalized spacial score (nSPS) is 19.4. The molecule has 3 heterocycles. The number of halogens is 2. The smallest absolute Gasteiger partial charge is 0.395 e. The Morgan fingerprint density at radius 3 is 2.60 bits per heavy atom. The minimum absolute atomic E-state index is 0.0751. The molecule has 158 valence electrons. The van der Waals surface area contributed by atoms with Crippen LogP contribution in [0.4, 0.5) is 14.5 Å². The fourth-order valence-corrected chi connectivity index (χ4v) is 4.82. The van der Waals surface area contributed by atoms with Crippen molar-refractivity contribution in [3.63, 3.8) is 0 Å². The van der Waals surface area contributed by atoms with Crippen molar-refractivity contribution in [2.45, 2.75) is 17.2 Å². The van der Waals surface area contributed by atoms with Gasteiger partial charge in [0.05, 0.1) is 27.6 Å². The van der Waals surface area contributed by atoms with E-state index < -0.39 is 17.1 Å². The van der Waals surface area contributed by atoms with E-state index >= 15 is 0 Å². The summed E-state index contributed by atoms with van der Waals surface area (Å²) >= 11 is 0. The highest BCUT2D eigenvalue weighted by Crippen LogP contribution is 2.42. The minimum atomic E-state index is -3.68. The number of piperazine rings is 1. The van der Waals surface area contributed by atoms with Crippen molar-refractivity contribution >= 4 is 27.5 Å². The highest BCUT2D eigenvalue weighted by Gasteiger charge is 2.43. The fraction of sp³-hybridized carbons (Fsp3) is 0.350. The second-order valence-electron chi connectivity index (χ2n) is 7.43. The second kappa shape index (κ2) is 7.21. The number of hydrogen-bond acceptors (Lipinski definition) is 6. The molecule has 2 aliphatic heterocycles. The Labute approximate surface area is 174 Å². The van der Waals surface area contributed by atoms with Gasteiger partial charge in [0, 0.05) is 44.0 Å². The topological polar surface area (TPSA) is 70.7 Å². The summed E-state index contributed by atoms with van der Waals surface area (Å²) in [5.41, 5.74) is 2.92. The quantitative estimate of drug-likeness (QED) is 0.681. The largest absolute Gasteiger partial charge is 0.586 e. The number of nitrogens with zero attached hydrogens (tertiary/aromatic N) is 3. The first-order valence-corrected chi connectivity index (χ1v) is 10.9. The molecule has 30 heavy (non-hydrogen) atoms. The lowest BCUT2D eigenvalue weighted by Gasteiger charge is -2.35. The Bertz CT molecular complexity index is 1080. The van der Waals surface area contributed by atoms with Crippen LogP contribution < -0.4 is 14.4 Å². The molecule has 1 N–H and O–H groups in total. The number of hydrogen-bond donors (Lipinski definition) is 1. The van der Waals surface area contributed by atoms with E-state index in [0.29, 0.717) is 16.8 Å². The number of para-hydroxylation sites is 1. The number of H-pyrrole nitrogens is 1. The molecular weight excluding hydrogens is 414 g/mol. The van der Waals surface area contributed by atoms with Gasteiger partial charge >= 0.3 is 6.29 Å². The van der Waals surface area contributed by atoms with Crippen LogP contribution in [-0.2, 0) is 16.6 Å². The first kappa shape index (κ1) is 19.3. The average Bonchev–Trinajstić information content (AvgIpc) is 3.25. The Morgan fingerprint density at radius 2 is 1.83 bits per heavy atom. The van der Waals surface area contributed by atoms with E-state index in [-0.39, 0.29) is 16.7 Å². The van der Waals surface area contributed by atoms with Crippen LogP contribution in [0, 0.1) is 0 Å². The maximum absolute atomic E-state index is 13.2. The summed E-state index contributed by atoms with van der Waals surface area (Å²) in [4.78, 5) is 11.9. The van der Waals surface area contributed by atoms with E-state index in [1.807, 2.05) is 18.2 Å². The summed E-state index contributed by atoms with van der Waals surface area (Å²) < 4.78 is 48.4.